The van der Waals surface area contributed by atoms with Gasteiger partial charge in [0, 0.05) is 11.9 Å². The van der Waals surface area contributed by atoms with Crippen molar-refractivity contribution in [3.05, 3.63) is 59.3 Å². The first-order valence-corrected chi connectivity index (χ1v) is 9.26. The SMILES string of the molecule is COc1ccc(CN2CN=C(Nc3nc(C)c4ccc(C)cc4n3)NC2)cc1. The van der Waals surface area contributed by atoms with E-state index in [9.17, 15) is 0 Å². The van der Waals surface area contributed by atoms with E-state index in [-0.39, 0.29) is 0 Å². The van der Waals surface area contributed by atoms with E-state index in [4.69, 9.17) is 4.74 Å². The van der Waals surface area contributed by atoms with Gasteiger partial charge in [-0.25, -0.2) is 15.0 Å². The quantitative estimate of drug-likeness (QED) is 0.729. The minimum absolute atomic E-state index is 0.561. The Labute approximate surface area is 164 Å². The summed E-state index contributed by atoms with van der Waals surface area (Å²) in [5, 5.41) is 7.58. The Morgan fingerprint density at radius 2 is 1.93 bits per heavy atom. The summed E-state index contributed by atoms with van der Waals surface area (Å²) < 4.78 is 5.20. The number of hydrogen-bond donors (Lipinski definition) is 2. The monoisotopic (exact) mass is 376 g/mol. The molecule has 0 amide bonds. The third-order valence-electron chi connectivity index (χ3n) is 4.74. The number of guanidine groups is 1. The molecule has 0 atom stereocenters. The maximum atomic E-state index is 5.20. The number of nitrogens with zero attached hydrogens (tertiary/aromatic N) is 4. The van der Waals surface area contributed by atoms with E-state index in [1.165, 1.54) is 11.1 Å². The van der Waals surface area contributed by atoms with Crippen molar-refractivity contribution in [2.45, 2.75) is 20.4 Å². The number of aryl methyl sites for hydroxylation is 2. The molecule has 0 unspecified atom stereocenters. The average molecular weight is 376 g/mol. The molecule has 0 aliphatic carbocycles. The molecule has 2 N–H and O–H groups in total. The molecule has 1 aliphatic heterocycles. The van der Waals surface area contributed by atoms with Crippen molar-refractivity contribution in [1.29, 1.82) is 0 Å². The molecule has 4 rings (SSSR count). The maximum absolute atomic E-state index is 5.20. The molecule has 0 saturated heterocycles. The molecule has 0 saturated carbocycles. The standard InChI is InChI=1S/C21H24N6O/c1-14-4-9-18-15(2)24-21(25-19(18)10-14)26-20-22-12-27(13-23-20)11-16-5-7-17(28-3)8-6-16/h4-10H,11-13H2,1-3H3,(H2,22,23,24,25,26). The summed E-state index contributed by atoms with van der Waals surface area (Å²) in [4.78, 5) is 16.0. The minimum atomic E-state index is 0.561. The fraction of sp³-hybridized carbons (Fsp3) is 0.286. The highest BCUT2D eigenvalue weighted by molar-refractivity contribution is 5.93. The van der Waals surface area contributed by atoms with Crippen LogP contribution in [0.5, 0.6) is 5.75 Å². The Kier molecular flexibility index (Phi) is 5.08. The number of nitrogens with one attached hydrogen (secondary N) is 2. The zero-order valence-electron chi connectivity index (χ0n) is 16.4. The Bertz CT molecular complexity index is 1020. The van der Waals surface area contributed by atoms with Crippen LogP contribution in [0.1, 0.15) is 16.8 Å². The van der Waals surface area contributed by atoms with Crippen molar-refractivity contribution in [3.8, 4) is 5.75 Å². The lowest BCUT2D eigenvalue weighted by Gasteiger charge is -2.27. The maximum Gasteiger partial charge on any atom is 0.230 e. The summed E-state index contributed by atoms with van der Waals surface area (Å²) in [5.74, 6) is 2.12. The first-order valence-electron chi connectivity index (χ1n) is 9.26. The number of anilines is 1. The van der Waals surface area contributed by atoms with Crippen molar-refractivity contribution in [2.24, 2.45) is 4.99 Å². The van der Waals surface area contributed by atoms with Crippen LogP contribution in [-0.2, 0) is 6.54 Å². The van der Waals surface area contributed by atoms with Crippen LogP contribution in [0.4, 0.5) is 5.95 Å². The molecule has 3 aromatic rings. The van der Waals surface area contributed by atoms with E-state index in [1.807, 2.05) is 19.1 Å². The van der Waals surface area contributed by atoms with Gasteiger partial charge in [-0.3, -0.25) is 10.2 Å². The van der Waals surface area contributed by atoms with Gasteiger partial charge in [-0.15, -0.1) is 0 Å². The fourth-order valence-electron chi connectivity index (χ4n) is 3.20. The Hall–Kier alpha value is -3.19. The van der Waals surface area contributed by atoms with E-state index >= 15 is 0 Å². The lowest BCUT2D eigenvalue weighted by molar-refractivity contribution is 0.256. The first-order chi connectivity index (χ1) is 13.6. The van der Waals surface area contributed by atoms with Gasteiger partial charge in [-0.05, 0) is 43.2 Å². The number of benzene rings is 2. The summed E-state index contributed by atoms with van der Waals surface area (Å²) in [6.45, 7) is 6.18. The van der Waals surface area contributed by atoms with Crippen LogP contribution < -0.4 is 15.4 Å². The number of rotatable bonds is 4. The topological polar surface area (TPSA) is 74.7 Å². The number of fused-ring (bicyclic) bond motifs is 1. The van der Waals surface area contributed by atoms with Crippen molar-refractivity contribution in [3.63, 3.8) is 0 Å². The van der Waals surface area contributed by atoms with E-state index in [0.29, 0.717) is 25.2 Å². The smallest absolute Gasteiger partial charge is 0.230 e. The average Bonchev–Trinajstić information content (AvgIpc) is 2.70. The van der Waals surface area contributed by atoms with Crippen LogP contribution in [-0.4, -0.2) is 41.3 Å². The Morgan fingerprint density at radius 3 is 2.64 bits per heavy atom. The summed E-state index contributed by atoms with van der Waals surface area (Å²) in [7, 11) is 1.68. The van der Waals surface area contributed by atoms with Crippen LogP contribution >= 0.6 is 0 Å². The first kappa shape index (κ1) is 18.2. The predicted octanol–water partition coefficient (Wildman–Crippen LogP) is 3.04. The zero-order valence-corrected chi connectivity index (χ0v) is 16.4. The van der Waals surface area contributed by atoms with Crippen LogP contribution in [0.3, 0.4) is 0 Å². The number of aliphatic imine (C=N–C) groups is 1. The van der Waals surface area contributed by atoms with Crippen LogP contribution in [0, 0.1) is 13.8 Å². The van der Waals surface area contributed by atoms with Gasteiger partial charge in [0.25, 0.3) is 0 Å². The van der Waals surface area contributed by atoms with Crippen molar-refractivity contribution >= 4 is 22.8 Å². The van der Waals surface area contributed by atoms with E-state index in [0.717, 1.165) is 28.9 Å². The van der Waals surface area contributed by atoms with Crippen LogP contribution in [0.15, 0.2) is 47.5 Å². The Morgan fingerprint density at radius 1 is 1.11 bits per heavy atom. The van der Waals surface area contributed by atoms with Crippen LogP contribution in [0.25, 0.3) is 10.9 Å². The molecular formula is C21H24N6O. The predicted molar refractivity (Wildman–Crippen MR) is 111 cm³/mol. The molecule has 1 aliphatic rings. The second kappa shape index (κ2) is 7.82. The second-order valence-electron chi connectivity index (χ2n) is 6.94. The highest BCUT2D eigenvalue weighted by Crippen LogP contribution is 2.19. The molecule has 7 heteroatoms. The lowest BCUT2D eigenvalue weighted by atomic mass is 10.1. The number of methoxy groups -OCH3 is 1. The van der Waals surface area contributed by atoms with Gasteiger partial charge < -0.3 is 10.1 Å². The van der Waals surface area contributed by atoms with Gasteiger partial charge in [0.1, 0.15) is 5.75 Å². The lowest BCUT2D eigenvalue weighted by Crippen LogP contribution is -2.45. The van der Waals surface area contributed by atoms with Gasteiger partial charge in [-0.1, -0.05) is 24.3 Å². The molecule has 2 heterocycles. The molecule has 144 valence electrons. The molecule has 1 aromatic heterocycles. The van der Waals surface area contributed by atoms with Crippen LogP contribution in [0.2, 0.25) is 0 Å². The molecule has 0 fully saturated rings. The normalized spacial score (nSPS) is 14.5. The van der Waals surface area contributed by atoms with E-state index in [2.05, 4.69) is 67.7 Å². The minimum Gasteiger partial charge on any atom is -0.497 e. The fourth-order valence-corrected chi connectivity index (χ4v) is 3.20. The highest BCUT2D eigenvalue weighted by atomic mass is 16.5. The van der Waals surface area contributed by atoms with E-state index in [1.54, 1.807) is 7.11 Å². The van der Waals surface area contributed by atoms with Gasteiger partial charge in [0.2, 0.25) is 11.9 Å². The number of ether oxygens (including phenoxy) is 1. The highest BCUT2D eigenvalue weighted by Gasteiger charge is 2.14. The summed E-state index contributed by atoms with van der Waals surface area (Å²) in [5.41, 5.74) is 4.29. The molecule has 7 nitrogen and oxygen atoms in total. The number of hydrogen-bond acceptors (Lipinski definition) is 7. The van der Waals surface area contributed by atoms with Gasteiger partial charge in [-0.2, -0.15) is 0 Å². The number of aromatic nitrogens is 2. The van der Waals surface area contributed by atoms with E-state index < -0.39 is 0 Å². The van der Waals surface area contributed by atoms with Crippen molar-refractivity contribution < 1.29 is 4.74 Å². The third-order valence-corrected chi connectivity index (χ3v) is 4.74. The molecule has 2 aromatic carbocycles. The third kappa shape index (κ3) is 4.04. The molecular weight excluding hydrogens is 352 g/mol. The summed E-state index contributed by atoms with van der Waals surface area (Å²) >= 11 is 0. The van der Waals surface area contributed by atoms with Gasteiger partial charge >= 0.3 is 0 Å². The Balaban J connectivity index is 1.42. The molecule has 28 heavy (non-hydrogen) atoms. The van der Waals surface area contributed by atoms with Gasteiger partial charge in [0.05, 0.1) is 31.7 Å². The summed E-state index contributed by atoms with van der Waals surface area (Å²) in [6.07, 6.45) is 0. The summed E-state index contributed by atoms with van der Waals surface area (Å²) in [6, 6.07) is 14.3. The molecule has 0 radical (unpaired) electrons. The largest absolute Gasteiger partial charge is 0.497 e. The van der Waals surface area contributed by atoms with Crippen molar-refractivity contribution in [2.75, 3.05) is 25.8 Å². The zero-order chi connectivity index (χ0) is 19.5. The second-order valence-corrected chi connectivity index (χ2v) is 6.94. The van der Waals surface area contributed by atoms with Gasteiger partial charge in [0.15, 0.2) is 0 Å². The van der Waals surface area contributed by atoms with Crippen molar-refractivity contribution in [1.82, 2.24) is 20.2 Å². The molecule has 0 spiro atoms. The molecule has 0 bridgehead atoms.